The number of morpholine rings is 1. The van der Waals surface area contributed by atoms with E-state index in [-0.39, 0.29) is 44.4 Å². The van der Waals surface area contributed by atoms with Crippen LogP contribution in [0, 0.1) is 11.8 Å². The predicted molar refractivity (Wildman–Crippen MR) is 105 cm³/mol. The molecule has 31 heavy (non-hydrogen) atoms. The van der Waals surface area contributed by atoms with Gasteiger partial charge in [0.1, 0.15) is 0 Å². The third-order valence-corrected chi connectivity index (χ3v) is 9.14. The van der Waals surface area contributed by atoms with Crippen LogP contribution >= 0.6 is 0 Å². The molecule has 0 aromatic carbocycles. The van der Waals surface area contributed by atoms with Crippen LogP contribution in [0.1, 0.15) is 12.0 Å². The van der Waals surface area contributed by atoms with Crippen molar-refractivity contribution in [3.63, 3.8) is 0 Å². The van der Waals surface area contributed by atoms with Crippen LogP contribution in [0.25, 0.3) is 0 Å². The smallest absolute Gasteiger partial charge is 0.379 e. The minimum absolute atomic E-state index is 0.0360. The average molecular weight is 487 g/mol. The van der Waals surface area contributed by atoms with E-state index in [1.165, 1.54) is 18.3 Å². The number of aromatic nitrogens is 1. The van der Waals surface area contributed by atoms with Crippen LogP contribution in [0.5, 0.6) is 0 Å². The van der Waals surface area contributed by atoms with Gasteiger partial charge in [0.2, 0.25) is 0 Å². The molecule has 0 bridgehead atoms. The van der Waals surface area contributed by atoms with Crippen molar-refractivity contribution in [1.29, 1.82) is 0 Å². The molecule has 0 radical (unpaired) electrons. The maximum atomic E-state index is 13.5. The summed E-state index contributed by atoms with van der Waals surface area (Å²) >= 11 is 0. The molecule has 0 amide bonds. The Balaban J connectivity index is 1.85. The van der Waals surface area contributed by atoms with Crippen molar-refractivity contribution in [2.45, 2.75) is 24.2 Å². The minimum atomic E-state index is -4.65. The van der Waals surface area contributed by atoms with E-state index in [1.54, 1.807) is 0 Å². The van der Waals surface area contributed by atoms with E-state index >= 15 is 0 Å². The maximum absolute atomic E-state index is 13.5. The molecule has 1 aromatic heterocycles. The summed E-state index contributed by atoms with van der Waals surface area (Å²) in [6.07, 6.45) is -3.86. The minimum Gasteiger partial charge on any atom is -0.379 e. The summed E-state index contributed by atoms with van der Waals surface area (Å²) in [5.41, 5.74) is 6.03. The summed E-state index contributed by atoms with van der Waals surface area (Å²) in [7, 11) is -8.23. The van der Waals surface area contributed by atoms with Crippen molar-refractivity contribution >= 4 is 20.0 Å². The molecule has 2 fully saturated rings. The molecule has 14 heteroatoms. The van der Waals surface area contributed by atoms with Crippen LogP contribution in [-0.2, 0) is 31.3 Å². The molecular weight excluding hydrogens is 461 g/mol. The Morgan fingerprint density at radius 3 is 2.42 bits per heavy atom. The molecule has 2 aliphatic heterocycles. The number of piperidine rings is 1. The number of nitrogens with two attached hydrogens (primary N) is 1. The van der Waals surface area contributed by atoms with Gasteiger partial charge >= 0.3 is 6.18 Å². The number of pyridine rings is 1. The highest BCUT2D eigenvalue weighted by molar-refractivity contribution is 7.91. The highest BCUT2D eigenvalue weighted by Gasteiger charge is 2.48. The number of hydrogen-bond donors (Lipinski definition) is 1. The largest absolute Gasteiger partial charge is 0.393 e. The zero-order valence-corrected chi connectivity index (χ0v) is 18.3. The van der Waals surface area contributed by atoms with Crippen LogP contribution in [0.2, 0.25) is 0 Å². The molecule has 2 saturated heterocycles. The Bertz CT molecular complexity index is 982. The maximum Gasteiger partial charge on any atom is 0.393 e. The number of nitrogens with zero attached hydrogens (tertiary/aromatic N) is 3. The van der Waals surface area contributed by atoms with Gasteiger partial charge in [-0.15, -0.1) is 0 Å². The molecule has 2 N–H and O–H groups in total. The molecule has 0 aliphatic carbocycles. The molecule has 2 aliphatic rings. The quantitative estimate of drug-likeness (QED) is 0.617. The van der Waals surface area contributed by atoms with Crippen LogP contribution in [0.4, 0.5) is 13.2 Å². The van der Waals surface area contributed by atoms with Gasteiger partial charge in [-0.05, 0) is 30.0 Å². The van der Waals surface area contributed by atoms with Crippen molar-refractivity contribution < 1.29 is 34.7 Å². The zero-order valence-electron chi connectivity index (χ0n) is 16.7. The van der Waals surface area contributed by atoms with E-state index in [0.29, 0.717) is 5.56 Å². The van der Waals surface area contributed by atoms with Gasteiger partial charge in [0.05, 0.1) is 24.9 Å². The lowest BCUT2D eigenvalue weighted by atomic mass is 9.91. The summed E-state index contributed by atoms with van der Waals surface area (Å²) < 4.78 is 99.0. The van der Waals surface area contributed by atoms with E-state index in [0.717, 1.165) is 8.61 Å². The van der Waals surface area contributed by atoms with Gasteiger partial charge < -0.3 is 10.5 Å². The third-order valence-electron chi connectivity index (χ3n) is 5.40. The fraction of sp³-hybridized carbons (Fsp3) is 0.706. The highest BCUT2D eigenvalue weighted by Crippen LogP contribution is 2.37. The second-order valence-electron chi connectivity index (χ2n) is 7.66. The molecule has 3 rings (SSSR count). The lowest BCUT2D eigenvalue weighted by Crippen LogP contribution is -2.55. The lowest BCUT2D eigenvalue weighted by Gasteiger charge is -2.40. The fourth-order valence-corrected chi connectivity index (χ4v) is 7.08. The summed E-state index contributed by atoms with van der Waals surface area (Å²) in [5, 5.41) is -0.285. The Morgan fingerprint density at radius 2 is 1.81 bits per heavy atom. The Kier molecular flexibility index (Phi) is 7.28. The normalized spacial score (nSPS) is 24.9. The van der Waals surface area contributed by atoms with Crippen molar-refractivity contribution in [3.05, 3.63) is 23.9 Å². The SMILES string of the molecule is NCc1ccnc(S(=O)(=O)C[C@H]2CC(C(F)(F)F)CN(S(=O)(=O)N3CCOCC3)C2)c1. The van der Waals surface area contributed by atoms with Gasteiger partial charge in [0.25, 0.3) is 10.2 Å². The van der Waals surface area contributed by atoms with E-state index < -0.39 is 56.8 Å². The second-order valence-corrected chi connectivity index (χ2v) is 11.6. The summed E-state index contributed by atoms with van der Waals surface area (Å²) in [4.78, 5) is 3.81. The molecule has 0 spiro atoms. The van der Waals surface area contributed by atoms with Gasteiger partial charge in [-0.3, -0.25) is 0 Å². The number of sulfone groups is 1. The van der Waals surface area contributed by atoms with Gasteiger partial charge in [0, 0.05) is 38.9 Å². The van der Waals surface area contributed by atoms with E-state index in [4.69, 9.17) is 10.5 Å². The first-order valence-corrected chi connectivity index (χ1v) is 12.8. The topological polar surface area (TPSA) is 123 Å². The molecule has 3 heterocycles. The molecule has 1 unspecified atom stereocenters. The van der Waals surface area contributed by atoms with Crippen LogP contribution in [0.15, 0.2) is 23.4 Å². The third kappa shape index (κ3) is 5.73. The van der Waals surface area contributed by atoms with Gasteiger partial charge in [0.15, 0.2) is 14.9 Å². The predicted octanol–water partition coefficient (Wildman–Crippen LogP) is 0.391. The lowest BCUT2D eigenvalue weighted by molar-refractivity contribution is -0.186. The number of ether oxygens (including phenoxy) is 1. The van der Waals surface area contributed by atoms with E-state index in [1.807, 2.05) is 0 Å². The van der Waals surface area contributed by atoms with Crippen molar-refractivity contribution in [3.8, 4) is 0 Å². The van der Waals surface area contributed by atoms with Crippen LogP contribution < -0.4 is 5.73 Å². The van der Waals surface area contributed by atoms with Crippen LogP contribution in [-0.4, -0.2) is 81.8 Å². The second kappa shape index (κ2) is 9.27. The standard InChI is InChI=1S/C17H25F3N4O5S2/c18-17(19,20)15-7-14(12-30(25,26)16-8-13(9-21)1-2-22-16)10-24(11-15)31(27,28)23-3-5-29-6-4-23/h1-2,8,14-15H,3-7,9-12,21H2/t14-,15?/m0/s1. The van der Waals surface area contributed by atoms with Gasteiger partial charge in [-0.2, -0.15) is 30.2 Å². The van der Waals surface area contributed by atoms with E-state index in [9.17, 15) is 30.0 Å². The first-order valence-electron chi connectivity index (χ1n) is 9.71. The summed E-state index contributed by atoms with van der Waals surface area (Å²) in [6.45, 7) is -0.602. The Hall–Kier alpha value is -1.32. The molecule has 0 saturated carbocycles. The summed E-state index contributed by atoms with van der Waals surface area (Å²) in [6, 6.07) is 2.82. The van der Waals surface area contributed by atoms with Gasteiger partial charge in [-0.25, -0.2) is 13.4 Å². The van der Waals surface area contributed by atoms with Crippen LogP contribution in [0.3, 0.4) is 0 Å². The first-order chi connectivity index (χ1) is 14.4. The number of halogens is 3. The molecule has 2 atom stereocenters. The van der Waals surface area contributed by atoms with E-state index in [2.05, 4.69) is 4.98 Å². The highest BCUT2D eigenvalue weighted by atomic mass is 32.2. The molecule has 176 valence electrons. The van der Waals surface area contributed by atoms with Gasteiger partial charge in [-0.1, -0.05) is 0 Å². The van der Waals surface area contributed by atoms with Crippen molar-refractivity contribution in [2.24, 2.45) is 17.6 Å². The Labute approximate surface area is 179 Å². The first kappa shape index (κ1) is 24.3. The fourth-order valence-electron chi connectivity index (χ4n) is 3.79. The molecule has 1 aromatic rings. The number of hydrogen-bond acceptors (Lipinski definition) is 7. The average Bonchev–Trinajstić information content (AvgIpc) is 2.73. The Morgan fingerprint density at radius 1 is 1.13 bits per heavy atom. The monoisotopic (exact) mass is 486 g/mol. The molecule has 9 nitrogen and oxygen atoms in total. The van der Waals surface area contributed by atoms with Crippen molar-refractivity contribution in [2.75, 3.05) is 45.1 Å². The summed E-state index contributed by atoms with van der Waals surface area (Å²) in [5.74, 6) is -3.64. The molecular formula is C17H25F3N4O5S2. The van der Waals surface area contributed by atoms with Crippen molar-refractivity contribution in [1.82, 2.24) is 13.6 Å². The zero-order chi connectivity index (χ0) is 22.9. The number of alkyl halides is 3. The number of rotatable bonds is 6.